The van der Waals surface area contributed by atoms with E-state index in [-0.39, 0.29) is 24.0 Å². The molecule has 0 atom stereocenters. The van der Waals surface area contributed by atoms with E-state index in [2.05, 4.69) is 37.6 Å². The summed E-state index contributed by atoms with van der Waals surface area (Å²) in [6.07, 6.45) is 5.54. The Balaban J connectivity index is 0.00000392. The average molecular weight is 520 g/mol. The lowest BCUT2D eigenvalue weighted by Crippen LogP contribution is -2.38. The van der Waals surface area contributed by atoms with Gasteiger partial charge in [0.2, 0.25) is 10.0 Å². The van der Waals surface area contributed by atoms with Crippen molar-refractivity contribution in [2.45, 2.75) is 26.4 Å². The van der Waals surface area contributed by atoms with Crippen molar-refractivity contribution >= 4 is 40.0 Å². The highest BCUT2D eigenvalue weighted by molar-refractivity contribution is 14.0. The van der Waals surface area contributed by atoms with Crippen LogP contribution >= 0.6 is 24.0 Å². The highest BCUT2D eigenvalue weighted by Gasteiger charge is 2.04. The van der Waals surface area contributed by atoms with Gasteiger partial charge in [-0.15, -0.1) is 24.0 Å². The molecule has 0 amide bonds. The van der Waals surface area contributed by atoms with Gasteiger partial charge in [0.1, 0.15) is 0 Å². The summed E-state index contributed by atoms with van der Waals surface area (Å²) in [6.45, 7) is 5.05. The van der Waals surface area contributed by atoms with Crippen molar-refractivity contribution < 1.29 is 8.42 Å². The van der Waals surface area contributed by atoms with Crippen LogP contribution < -0.4 is 15.4 Å². The van der Waals surface area contributed by atoms with Crippen molar-refractivity contribution in [2.75, 3.05) is 25.9 Å². The number of nitrogens with zero attached hydrogens (tertiary/aromatic N) is 3. The lowest BCUT2D eigenvalue weighted by atomic mass is 10.1. The number of aliphatic imine (C=N–C) groups is 1. The van der Waals surface area contributed by atoms with Crippen molar-refractivity contribution in [3.63, 3.8) is 0 Å². The molecule has 0 aliphatic heterocycles. The maximum Gasteiger partial charge on any atom is 0.208 e. The summed E-state index contributed by atoms with van der Waals surface area (Å²) in [7, 11) is -3.14. The second-order valence-corrected chi connectivity index (χ2v) is 7.95. The number of hydrogen-bond donors (Lipinski definition) is 3. The van der Waals surface area contributed by atoms with E-state index in [4.69, 9.17) is 0 Å². The SMILES string of the molecule is CCNC(=NCc1ccccc1Cn1cccn1)NCCCNS(C)(=O)=O.I. The summed E-state index contributed by atoms with van der Waals surface area (Å²) in [6, 6.07) is 10.1. The number of aromatic nitrogens is 2. The van der Waals surface area contributed by atoms with Crippen LogP contribution in [-0.2, 0) is 23.1 Å². The predicted octanol–water partition coefficient (Wildman–Crippen LogP) is 1.54. The molecule has 156 valence electrons. The van der Waals surface area contributed by atoms with Crippen molar-refractivity contribution in [2.24, 2.45) is 4.99 Å². The maximum atomic E-state index is 11.1. The first-order valence-electron chi connectivity index (χ1n) is 8.99. The van der Waals surface area contributed by atoms with E-state index in [0.29, 0.717) is 38.6 Å². The molecule has 0 saturated heterocycles. The number of halogens is 1. The first kappa shape index (κ1) is 24.4. The zero-order chi connectivity index (χ0) is 19.5. The van der Waals surface area contributed by atoms with Crippen LogP contribution in [0.2, 0.25) is 0 Å². The highest BCUT2D eigenvalue weighted by Crippen LogP contribution is 2.11. The van der Waals surface area contributed by atoms with E-state index >= 15 is 0 Å². The van der Waals surface area contributed by atoms with Crippen LogP contribution in [-0.4, -0.2) is 50.0 Å². The Kier molecular flexibility index (Phi) is 11.1. The molecule has 1 heterocycles. The van der Waals surface area contributed by atoms with E-state index in [1.54, 1.807) is 6.20 Å². The number of guanidine groups is 1. The van der Waals surface area contributed by atoms with Gasteiger partial charge in [0.15, 0.2) is 5.96 Å². The third kappa shape index (κ3) is 9.51. The quantitative estimate of drug-likeness (QED) is 0.191. The standard InChI is InChI=1S/C18H28N6O2S.HI/c1-3-19-18(20-10-6-12-23-27(2,25)26)21-14-16-8-4-5-9-17(16)15-24-13-7-11-22-24;/h4-5,7-9,11,13,23H,3,6,10,12,14-15H2,1-2H3,(H2,19,20,21);1H. The molecule has 0 unspecified atom stereocenters. The number of nitrogens with one attached hydrogen (secondary N) is 3. The van der Waals surface area contributed by atoms with Gasteiger partial charge in [0.25, 0.3) is 0 Å². The molecule has 3 N–H and O–H groups in total. The lowest BCUT2D eigenvalue weighted by Gasteiger charge is -2.12. The second kappa shape index (κ2) is 12.7. The topological polar surface area (TPSA) is 100 Å². The van der Waals surface area contributed by atoms with Gasteiger partial charge >= 0.3 is 0 Å². The molecule has 2 aromatic rings. The van der Waals surface area contributed by atoms with Gasteiger partial charge in [-0.05, 0) is 30.5 Å². The van der Waals surface area contributed by atoms with Crippen LogP contribution in [0.1, 0.15) is 24.5 Å². The van der Waals surface area contributed by atoms with E-state index in [1.807, 2.05) is 36.0 Å². The van der Waals surface area contributed by atoms with Crippen LogP contribution in [0.3, 0.4) is 0 Å². The number of benzene rings is 1. The lowest BCUT2D eigenvalue weighted by molar-refractivity contribution is 0.584. The van der Waals surface area contributed by atoms with Gasteiger partial charge in [0.05, 0.1) is 19.3 Å². The third-order valence-electron chi connectivity index (χ3n) is 3.77. The fourth-order valence-electron chi connectivity index (χ4n) is 2.49. The fourth-order valence-corrected chi connectivity index (χ4v) is 3.01. The minimum absolute atomic E-state index is 0. The molecular formula is C18H29IN6O2S. The Morgan fingerprint density at radius 1 is 1.14 bits per heavy atom. The van der Waals surface area contributed by atoms with Crippen LogP contribution in [0, 0.1) is 0 Å². The first-order valence-corrected chi connectivity index (χ1v) is 10.9. The zero-order valence-corrected chi connectivity index (χ0v) is 19.4. The Morgan fingerprint density at radius 3 is 2.54 bits per heavy atom. The number of sulfonamides is 1. The van der Waals surface area contributed by atoms with Gasteiger partial charge < -0.3 is 10.6 Å². The van der Waals surface area contributed by atoms with Gasteiger partial charge in [-0.25, -0.2) is 18.1 Å². The summed E-state index contributed by atoms with van der Waals surface area (Å²) in [5.74, 6) is 0.714. The third-order valence-corrected chi connectivity index (χ3v) is 4.50. The summed E-state index contributed by atoms with van der Waals surface area (Å²) in [5, 5.41) is 10.7. The Morgan fingerprint density at radius 2 is 1.89 bits per heavy atom. The van der Waals surface area contributed by atoms with Gasteiger partial charge in [-0.2, -0.15) is 5.10 Å². The molecule has 0 bridgehead atoms. The molecule has 8 nitrogen and oxygen atoms in total. The minimum atomic E-state index is -3.14. The largest absolute Gasteiger partial charge is 0.357 e. The molecule has 2 rings (SSSR count). The predicted molar refractivity (Wildman–Crippen MR) is 123 cm³/mol. The Labute approximate surface area is 184 Å². The van der Waals surface area contributed by atoms with Gasteiger partial charge in [-0.1, -0.05) is 24.3 Å². The van der Waals surface area contributed by atoms with E-state index < -0.39 is 10.0 Å². The van der Waals surface area contributed by atoms with Crippen molar-refractivity contribution in [3.05, 3.63) is 53.9 Å². The Hall–Kier alpha value is -1.66. The average Bonchev–Trinajstić information content (AvgIpc) is 3.12. The van der Waals surface area contributed by atoms with Crippen molar-refractivity contribution in [1.82, 2.24) is 25.1 Å². The molecule has 10 heteroatoms. The molecule has 1 aromatic carbocycles. The van der Waals surface area contributed by atoms with E-state index in [0.717, 1.165) is 18.4 Å². The molecule has 0 fully saturated rings. The summed E-state index contributed by atoms with van der Waals surface area (Å²) >= 11 is 0. The smallest absolute Gasteiger partial charge is 0.208 e. The highest BCUT2D eigenvalue weighted by atomic mass is 127. The van der Waals surface area contributed by atoms with Crippen LogP contribution in [0.4, 0.5) is 0 Å². The molecule has 0 radical (unpaired) electrons. The fraction of sp³-hybridized carbons (Fsp3) is 0.444. The summed E-state index contributed by atoms with van der Waals surface area (Å²) < 4.78 is 26.5. The Bertz CT molecular complexity index is 824. The molecular weight excluding hydrogens is 491 g/mol. The van der Waals surface area contributed by atoms with Crippen LogP contribution in [0.5, 0.6) is 0 Å². The zero-order valence-electron chi connectivity index (χ0n) is 16.3. The van der Waals surface area contributed by atoms with E-state index in [9.17, 15) is 8.42 Å². The minimum Gasteiger partial charge on any atom is -0.357 e. The summed E-state index contributed by atoms with van der Waals surface area (Å²) in [5.41, 5.74) is 2.32. The molecule has 0 saturated carbocycles. The number of hydrogen-bond acceptors (Lipinski definition) is 4. The monoisotopic (exact) mass is 520 g/mol. The molecule has 0 spiro atoms. The van der Waals surface area contributed by atoms with Gasteiger partial charge in [0, 0.05) is 32.0 Å². The number of rotatable bonds is 10. The molecule has 28 heavy (non-hydrogen) atoms. The van der Waals surface area contributed by atoms with Crippen LogP contribution in [0.25, 0.3) is 0 Å². The van der Waals surface area contributed by atoms with Gasteiger partial charge in [-0.3, -0.25) is 4.68 Å². The first-order chi connectivity index (χ1) is 13.0. The molecule has 0 aliphatic rings. The van der Waals surface area contributed by atoms with Crippen molar-refractivity contribution in [3.8, 4) is 0 Å². The maximum absolute atomic E-state index is 11.1. The second-order valence-electron chi connectivity index (χ2n) is 6.11. The normalized spacial score (nSPS) is 11.7. The van der Waals surface area contributed by atoms with Crippen molar-refractivity contribution in [1.29, 1.82) is 0 Å². The molecule has 1 aromatic heterocycles. The molecule has 0 aliphatic carbocycles. The van der Waals surface area contributed by atoms with Crippen LogP contribution in [0.15, 0.2) is 47.7 Å². The summed E-state index contributed by atoms with van der Waals surface area (Å²) in [4.78, 5) is 4.65. The van der Waals surface area contributed by atoms with E-state index in [1.165, 1.54) is 5.56 Å².